The van der Waals surface area contributed by atoms with Crippen LogP contribution in [-0.4, -0.2) is 10.5 Å². The minimum Gasteiger partial charge on any atom is -0.218 e. The van der Waals surface area contributed by atoms with Crippen LogP contribution in [0.2, 0.25) is 0 Å². The minimum atomic E-state index is -3.98. The minimum absolute atomic E-state index is 0.294. The second-order valence-corrected chi connectivity index (χ2v) is 3.38. The van der Waals surface area contributed by atoms with Crippen LogP contribution in [0.1, 0.15) is 26.2 Å². The highest BCUT2D eigenvalue weighted by Gasteiger charge is 2.51. The smallest absolute Gasteiger partial charge is 0.218 e. The molecule has 0 aromatic carbocycles. The fraction of sp³-hybridized carbons (Fsp3) is 1.00. The summed E-state index contributed by atoms with van der Waals surface area (Å²) in [5, 5.41) is -7.09. The van der Waals surface area contributed by atoms with Crippen LogP contribution in [-0.2, 0) is 0 Å². The molecule has 0 nitrogen and oxygen atoms in total. The molecule has 0 aliphatic heterocycles. The third-order valence-electron chi connectivity index (χ3n) is 1.26. The zero-order chi connectivity index (χ0) is 9.12. The summed E-state index contributed by atoms with van der Waals surface area (Å²) in [6.07, 6.45) is 0.467. The Hall–Kier alpha value is 0.370. The molecule has 11 heavy (non-hydrogen) atoms. The van der Waals surface area contributed by atoms with Crippen LogP contribution in [0.25, 0.3) is 0 Å². The predicted octanol–water partition coefficient (Wildman–Crippen LogP) is 3.91. The molecule has 0 bridgehead atoms. The number of halogens is 5. The molecule has 0 saturated carbocycles. The molecule has 0 radical (unpaired) electrons. The normalized spacial score (nSPS) is 18.0. The van der Waals surface area contributed by atoms with E-state index in [0.29, 0.717) is 12.8 Å². The first-order valence-corrected chi connectivity index (χ1v) is 4.01. The van der Waals surface area contributed by atoms with Gasteiger partial charge in [-0.25, -0.2) is 4.39 Å². The fourth-order valence-electron chi connectivity index (χ4n) is 0.541. The lowest BCUT2D eigenvalue weighted by atomic mass is 10.2. The molecule has 0 heterocycles. The number of unbranched alkanes of at least 4 members (excludes halogenated alkanes) is 1. The molecule has 1 atom stereocenters. The van der Waals surface area contributed by atoms with E-state index in [1.807, 2.05) is 0 Å². The third-order valence-corrected chi connectivity index (χ3v) is 2.08. The van der Waals surface area contributed by atoms with Crippen molar-refractivity contribution in [2.75, 3.05) is 0 Å². The Morgan fingerprint density at radius 3 is 1.91 bits per heavy atom. The largest absolute Gasteiger partial charge is 0.368 e. The van der Waals surface area contributed by atoms with Crippen molar-refractivity contribution in [1.82, 2.24) is 0 Å². The van der Waals surface area contributed by atoms with Gasteiger partial charge in [0, 0.05) is 6.42 Å². The molecule has 0 N–H and O–H groups in total. The van der Waals surface area contributed by atoms with Crippen LogP contribution in [0.4, 0.5) is 13.2 Å². The van der Waals surface area contributed by atoms with E-state index in [1.54, 1.807) is 6.92 Å². The maximum Gasteiger partial charge on any atom is 0.368 e. The second kappa shape index (κ2) is 3.85. The van der Waals surface area contributed by atoms with Crippen LogP contribution in [0.3, 0.4) is 0 Å². The molecule has 0 fully saturated rings. The number of hydrogen-bond donors (Lipinski definition) is 0. The molecule has 0 spiro atoms. The second-order valence-electron chi connectivity index (χ2n) is 2.31. The van der Waals surface area contributed by atoms with E-state index in [0.717, 1.165) is 0 Å². The molecule has 1 unspecified atom stereocenters. The maximum absolute atomic E-state index is 12.7. The topological polar surface area (TPSA) is 0 Å². The van der Waals surface area contributed by atoms with E-state index in [2.05, 4.69) is 11.6 Å². The van der Waals surface area contributed by atoms with Crippen molar-refractivity contribution in [1.29, 1.82) is 0 Å². The summed E-state index contributed by atoms with van der Waals surface area (Å²) in [4.78, 5) is 0. The number of hydrogen-bond acceptors (Lipinski definition) is 0. The SMILES string of the molecule is CCCCC(F)(Cl)C(F)(F)Cl. The number of rotatable bonds is 4. The van der Waals surface area contributed by atoms with Crippen molar-refractivity contribution in [2.45, 2.75) is 36.7 Å². The zero-order valence-corrected chi connectivity index (χ0v) is 7.52. The maximum atomic E-state index is 12.7. The molecule has 0 aromatic heterocycles. The Labute approximate surface area is 73.7 Å². The van der Waals surface area contributed by atoms with Gasteiger partial charge in [0.2, 0.25) is 0 Å². The standard InChI is InChI=1S/C6H9Cl2F3/c1-2-3-4-5(7,9)6(8,10)11/h2-4H2,1H3. The molecule has 0 saturated heterocycles. The average Bonchev–Trinajstić information content (AvgIpc) is 1.81. The first-order chi connectivity index (χ1) is 4.81. The summed E-state index contributed by atoms with van der Waals surface area (Å²) in [5.41, 5.74) is 0. The van der Waals surface area contributed by atoms with E-state index in [1.165, 1.54) is 0 Å². The Morgan fingerprint density at radius 2 is 1.64 bits per heavy atom. The summed E-state index contributed by atoms with van der Waals surface area (Å²) >= 11 is 9.26. The van der Waals surface area contributed by atoms with Crippen molar-refractivity contribution in [3.05, 3.63) is 0 Å². The molecular formula is C6H9Cl2F3. The molecular weight excluding hydrogens is 200 g/mol. The van der Waals surface area contributed by atoms with Crippen LogP contribution >= 0.6 is 23.2 Å². The van der Waals surface area contributed by atoms with Crippen molar-refractivity contribution in [2.24, 2.45) is 0 Å². The fourth-order valence-corrected chi connectivity index (χ4v) is 0.769. The van der Waals surface area contributed by atoms with Crippen LogP contribution < -0.4 is 0 Å². The first-order valence-electron chi connectivity index (χ1n) is 3.26. The van der Waals surface area contributed by atoms with Crippen molar-refractivity contribution >= 4 is 23.2 Å². The van der Waals surface area contributed by atoms with Gasteiger partial charge in [0.15, 0.2) is 0 Å². The van der Waals surface area contributed by atoms with Gasteiger partial charge in [-0.05, 0) is 18.0 Å². The number of alkyl halides is 5. The van der Waals surface area contributed by atoms with Crippen LogP contribution in [0.5, 0.6) is 0 Å². The van der Waals surface area contributed by atoms with Gasteiger partial charge in [0.25, 0.3) is 5.13 Å². The Kier molecular flexibility index (Phi) is 3.98. The quantitative estimate of drug-likeness (QED) is 0.615. The highest BCUT2D eigenvalue weighted by Crippen LogP contribution is 2.42. The van der Waals surface area contributed by atoms with E-state index in [-0.39, 0.29) is 0 Å². The van der Waals surface area contributed by atoms with Crippen LogP contribution in [0, 0.1) is 0 Å². The van der Waals surface area contributed by atoms with Gasteiger partial charge in [0.1, 0.15) is 0 Å². The Bertz CT molecular complexity index is 119. The molecule has 0 aliphatic carbocycles. The van der Waals surface area contributed by atoms with Gasteiger partial charge >= 0.3 is 5.38 Å². The van der Waals surface area contributed by atoms with Crippen molar-refractivity contribution in [3.8, 4) is 0 Å². The molecule has 5 heteroatoms. The summed E-state index contributed by atoms with van der Waals surface area (Å²) < 4.78 is 36.8. The lowest BCUT2D eigenvalue weighted by Crippen LogP contribution is -2.33. The van der Waals surface area contributed by atoms with E-state index in [4.69, 9.17) is 11.6 Å². The first kappa shape index (κ1) is 11.4. The zero-order valence-electron chi connectivity index (χ0n) is 6.01. The molecule has 0 aliphatic rings. The van der Waals surface area contributed by atoms with Crippen molar-refractivity contribution < 1.29 is 13.2 Å². The van der Waals surface area contributed by atoms with Crippen LogP contribution in [0.15, 0.2) is 0 Å². The average molecular weight is 209 g/mol. The van der Waals surface area contributed by atoms with Gasteiger partial charge in [-0.15, -0.1) is 0 Å². The van der Waals surface area contributed by atoms with Gasteiger partial charge in [0.05, 0.1) is 0 Å². The summed E-state index contributed by atoms with van der Waals surface area (Å²) in [5.74, 6) is 0. The molecule has 68 valence electrons. The van der Waals surface area contributed by atoms with Gasteiger partial charge in [-0.3, -0.25) is 0 Å². The highest BCUT2D eigenvalue weighted by atomic mass is 35.5. The monoisotopic (exact) mass is 208 g/mol. The van der Waals surface area contributed by atoms with Crippen molar-refractivity contribution in [3.63, 3.8) is 0 Å². The van der Waals surface area contributed by atoms with E-state index in [9.17, 15) is 13.2 Å². The summed E-state index contributed by atoms with van der Waals surface area (Å²) in [7, 11) is 0. The third kappa shape index (κ3) is 3.52. The molecule has 0 rings (SSSR count). The lowest BCUT2D eigenvalue weighted by Gasteiger charge is -2.21. The Morgan fingerprint density at radius 1 is 1.18 bits per heavy atom. The van der Waals surface area contributed by atoms with Gasteiger partial charge in [-0.1, -0.05) is 24.9 Å². The highest BCUT2D eigenvalue weighted by molar-refractivity contribution is 6.32. The summed E-state index contributed by atoms with van der Waals surface area (Å²) in [6, 6.07) is 0. The van der Waals surface area contributed by atoms with E-state index >= 15 is 0 Å². The van der Waals surface area contributed by atoms with Gasteiger partial charge in [-0.2, -0.15) is 8.78 Å². The lowest BCUT2D eigenvalue weighted by molar-refractivity contribution is -0.0248. The van der Waals surface area contributed by atoms with E-state index < -0.39 is 16.9 Å². The molecule has 0 amide bonds. The predicted molar refractivity (Wildman–Crippen MR) is 40.0 cm³/mol. The summed E-state index contributed by atoms with van der Waals surface area (Å²) in [6.45, 7) is 1.75. The molecule has 0 aromatic rings. The van der Waals surface area contributed by atoms with Gasteiger partial charge < -0.3 is 0 Å². The Balaban J connectivity index is 4.00.